The average Bonchev–Trinajstić information content (AvgIpc) is 2.45. The highest BCUT2D eigenvalue weighted by Crippen LogP contribution is 2.33. The molecule has 2 N–H and O–H groups in total. The van der Waals surface area contributed by atoms with Gasteiger partial charge in [0.25, 0.3) is 0 Å². The minimum Gasteiger partial charge on any atom is -0.393 e. The predicted molar refractivity (Wildman–Crippen MR) is 51.2 cm³/mol. The Balaban J connectivity index is 2.41. The average molecular weight is 171 g/mol. The minimum absolute atomic E-state index is 0.0608. The van der Waals surface area contributed by atoms with Crippen LogP contribution in [-0.4, -0.2) is 23.8 Å². The Hall–Kier alpha value is -0.0800. The molecular formula is C10H21NO. The Labute approximate surface area is 75.4 Å². The molecule has 1 aliphatic carbocycles. The van der Waals surface area contributed by atoms with Crippen molar-refractivity contribution < 1.29 is 5.11 Å². The fourth-order valence-corrected chi connectivity index (χ4v) is 2.19. The molecular weight excluding hydrogens is 150 g/mol. The SMILES string of the molecule is CCCCC1(NC)CCC(O)C1. The van der Waals surface area contributed by atoms with Crippen molar-refractivity contribution in [3.63, 3.8) is 0 Å². The second kappa shape index (κ2) is 4.24. The first-order valence-corrected chi connectivity index (χ1v) is 5.09. The largest absolute Gasteiger partial charge is 0.393 e. The molecule has 2 nitrogen and oxygen atoms in total. The molecule has 0 spiro atoms. The molecule has 1 rings (SSSR count). The van der Waals surface area contributed by atoms with Gasteiger partial charge >= 0.3 is 0 Å². The van der Waals surface area contributed by atoms with Crippen LogP contribution in [0.1, 0.15) is 45.4 Å². The Kier molecular flexibility index (Phi) is 3.53. The number of unbranched alkanes of at least 4 members (excludes halogenated alkanes) is 1. The van der Waals surface area contributed by atoms with Gasteiger partial charge in [-0.3, -0.25) is 0 Å². The second-order valence-electron chi connectivity index (χ2n) is 4.03. The first-order chi connectivity index (χ1) is 5.72. The van der Waals surface area contributed by atoms with Crippen molar-refractivity contribution in [1.82, 2.24) is 5.32 Å². The first kappa shape index (κ1) is 10.0. The maximum atomic E-state index is 9.46. The van der Waals surface area contributed by atoms with E-state index in [0.29, 0.717) is 0 Å². The highest BCUT2D eigenvalue weighted by Gasteiger charge is 2.36. The van der Waals surface area contributed by atoms with Crippen molar-refractivity contribution in [2.45, 2.75) is 57.1 Å². The van der Waals surface area contributed by atoms with Crippen LogP contribution in [-0.2, 0) is 0 Å². The summed E-state index contributed by atoms with van der Waals surface area (Å²) < 4.78 is 0. The highest BCUT2D eigenvalue weighted by molar-refractivity contribution is 4.95. The fraction of sp³-hybridized carbons (Fsp3) is 1.00. The molecule has 1 saturated carbocycles. The number of hydrogen-bond donors (Lipinski definition) is 2. The van der Waals surface area contributed by atoms with Crippen LogP contribution >= 0.6 is 0 Å². The standard InChI is InChI=1S/C10H21NO/c1-3-4-6-10(11-2)7-5-9(12)8-10/h9,11-12H,3-8H2,1-2H3. The van der Waals surface area contributed by atoms with Crippen LogP contribution in [0.25, 0.3) is 0 Å². The van der Waals surface area contributed by atoms with Gasteiger partial charge in [-0.2, -0.15) is 0 Å². The summed E-state index contributed by atoms with van der Waals surface area (Å²) >= 11 is 0. The molecule has 72 valence electrons. The van der Waals surface area contributed by atoms with Crippen LogP contribution in [0.15, 0.2) is 0 Å². The molecule has 2 unspecified atom stereocenters. The number of hydrogen-bond acceptors (Lipinski definition) is 2. The molecule has 0 heterocycles. The van der Waals surface area contributed by atoms with Gasteiger partial charge in [-0.05, 0) is 32.7 Å². The molecule has 0 radical (unpaired) electrons. The molecule has 0 aliphatic heterocycles. The maximum absolute atomic E-state index is 9.46. The second-order valence-corrected chi connectivity index (χ2v) is 4.03. The van der Waals surface area contributed by atoms with Gasteiger partial charge < -0.3 is 10.4 Å². The third kappa shape index (κ3) is 2.20. The number of aliphatic hydroxyl groups excluding tert-OH is 1. The molecule has 2 heteroatoms. The smallest absolute Gasteiger partial charge is 0.0558 e. The van der Waals surface area contributed by atoms with Gasteiger partial charge in [-0.15, -0.1) is 0 Å². The summed E-state index contributed by atoms with van der Waals surface area (Å²) in [7, 11) is 2.02. The summed E-state index contributed by atoms with van der Waals surface area (Å²) in [4.78, 5) is 0. The maximum Gasteiger partial charge on any atom is 0.0558 e. The minimum atomic E-state index is -0.0608. The van der Waals surface area contributed by atoms with Crippen LogP contribution in [0.3, 0.4) is 0 Å². The van der Waals surface area contributed by atoms with Crippen LogP contribution in [0.2, 0.25) is 0 Å². The van der Waals surface area contributed by atoms with E-state index in [1.54, 1.807) is 0 Å². The number of aliphatic hydroxyl groups is 1. The molecule has 0 saturated heterocycles. The Morgan fingerprint density at radius 3 is 2.75 bits per heavy atom. The Bertz CT molecular complexity index is 138. The number of nitrogens with one attached hydrogen (secondary N) is 1. The van der Waals surface area contributed by atoms with Gasteiger partial charge in [-0.25, -0.2) is 0 Å². The van der Waals surface area contributed by atoms with Crippen LogP contribution < -0.4 is 5.32 Å². The zero-order valence-corrected chi connectivity index (χ0v) is 8.27. The Morgan fingerprint density at radius 2 is 2.33 bits per heavy atom. The van der Waals surface area contributed by atoms with E-state index in [9.17, 15) is 5.11 Å². The van der Waals surface area contributed by atoms with E-state index in [2.05, 4.69) is 12.2 Å². The van der Waals surface area contributed by atoms with Crippen molar-refractivity contribution in [3.05, 3.63) is 0 Å². The monoisotopic (exact) mass is 171 g/mol. The molecule has 0 aromatic carbocycles. The van der Waals surface area contributed by atoms with E-state index < -0.39 is 0 Å². The summed E-state index contributed by atoms with van der Waals surface area (Å²) in [6, 6.07) is 0. The van der Waals surface area contributed by atoms with Gasteiger partial charge in [-0.1, -0.05) is 19.8 Å². The van der Waals surface area contributed by atoms with Gasteiger partial charge in [0.05, 0.1) is 6.10 Å². The summed E-state index contributed by atoms with van der Waals surface area (Å²) in [6.45, 7) is 2.22. The normalized spacial score (nSPS) is 35.8. The lowest BCUT2D eigenvalue weighted by Crippen LogP contribution is -2.40. The van der Waals surface area contributed by atoms with E-state index in [0.717, 1.165) is 19.3 Å². The molecule has 0 aromatic rings. The van der Waals surface area contributed by atoms with Gasteiger partial charge in [0.1, 0.15) is 0 Å². The predicted octanol–water partition coefficient (Wildman–Crippen LogP) is 1.68. The lowest BCUT2D eigenvalue weighted by Gasteiger charge is -2.28. The topological polar surface area (TPSA) is 32.3 Å². The molecule has 0 amide bonds. The van der Waals surface area contributed by atoms with Crippen LogP contribution in [0.5, 0.6) is 0 Å². The van der Waals surface area contributed by atoms with Crippen LogP contribution in [0.4, 0.5) is 0 Å². The van der Waals surface area contributed by atoms with Crippen molar-refractivity contribution in [2.75, 3.05) is 7.05 Å². The quantitative estimate of drug-likeness (QED) is 0.674. The Morgan fingerprint density at radius 1 is 1.58 bits per heavy atom. The zero-order chi connectivity index (χ0) is 9.03. The van der Waals surface area contributed by atoms with Crippen molar-refractivity contribution in [2.24, 2.45) is 0 Å². The molecule has 12 heavy (non-hydrogen) atoms. The van der Waals surface area contributed by atoms with E-state index in [1.165, 1.54) is 19.3 Å². The van der Waals surface area contributed by atoms with E-state index in [1.807, 2.05) is 7.05 Å². The van der Waals surface area contributed by atoms with Crippen molar-refractivity contribution >= 4 is 0 Å². The van der Waals surface area contributed by atoms with Gasteiger partial charge in [0, 0.05) is 5.54 Å². The fourth-order valence-electron chi connectivity index (χ4n) is 2.19. The van der Waals surface area contributed by atoms with Gasteiger partial charge in [0.15, 0.2) is 0 Å². The third-order valence-corrected chi connectivity index (χ3v) is 3.12. The summed E-state index contributed by atoms with van der Waals surface area (Å²) in [5.41, 5.74) is 0.259. The van der Waals surface area contributed by atoms with E-state index in [-0.39, 0.29) is 11.6 Å². The van der Waals surface area contributed by atoms with Crippen LogP contribution in [0, 0.1) is 0 Å². The summed E-state index contributed by atoms with van der Waals surface area (Å²) in [6.07, 6.45) is 6.75. The molecule has 2 atom stereocenters. The molecule has 0 aromatic heterocycles. The molecule has 1 fully saturated rings. The molecule has 1 aliphatic rings. The summed E-state index contributed by atoms with van der Waals surface area (Å²) in [5, 5.41) is 12.8. The van der Waals surface area contributed by atoms with Crippen molar-refractivity contribution in [3.8, 4) is 0 Å². The lowest BCUT2D eigenvalue weighted by molar-refractivity contribution is 0.166. The molecule has 0 bridgehead atoms. The van der Waals surface area contributed by atoms with Gasteiger partial charge in [0.2, 0.25) is 0 Å². The lowest BCUT2D eigenvalue weighted by atomic mass is 9.91. The first-order valence-electron chi connectivity index (χ1n) is 5.09. The number of rotatable bonds is 4. The highest BCUT2D eigenvalue weighted by atomic mass is 16.3. The van der Waals surface area contributed by atoms with Crippen molar-refractivity contribution in [1.29, 1.82) is 0 Å². The summed E-state index contributed by atoms with van der Waals surface area (Å²) in [5.74, 6) is 0. The van der Waals surface area contributed by atoms with E-state index in [4.69, 9.17) is 0 Å². The third-order valence-electron chi connectivity index (χ3n) is 3.12. The van der Waals surface area contributed by atoms with E-state index >= 15 is 0 Å². The zero-order valence-electron chi connectivity index (χ0n) is 8.27.